The topological polar surface area (TPSA) is 97.1 Å². The highest BCUT2D eigenvalue weighted by Crippen LogP contribution is 2.07. The second-order valence-electron chi connectivity index (χ2n) is 5.68. The fourth-order valence-electron chi connectivity index (χ4n) is 2.60. The summed E-state index contributed by atoms with van der Waals surface area (Å²) in [5.74, 6) is 0. The van der Waals surface area contributed by atoms with Crippen LogP contribution in [0.15, 0.2) is 20.4 Å². The van der Waals surface area contributed by atoms with Crippen LogP contribution in [-0.4, -0.2) is 25.3 Å². The molecule has 2 aromatic rings. The number of H-pyrrole nitrogens is 1. The van der Waals surface area contributed by atoms with Crippen LogP contribution >= 0.6 is 0 Å². The second-order valence-corrected chi connectivity index (χ2v) is 5.68. The minimum atomic E-state index is -0.448. The van der Waals surface area contributed by atoms with Gasteiger partial charge in [0.1, 0.15) is 5.65 Å². The lowest BCUT2D eigenvalue weighted by Gasteiger charge is -2.11. The number of rotatable bonds is 5. The van der Waals surface area contributed by atoms with E-state index in [2.05, 4.69) is 4.98 Å². The van der Waals surface area contributed by atoms with E-state index in [4.69, 9.17) is 0 Å². The molecule has 2 heterocycles. The number of aromatic nitrogens is 3. The predicted molar refractivity (Wildman–Crippen MR) is 84.3 cm³/mol. The summed E-state index contributed by atoms with van der Waals surface area (Å²) in [6.07, 6.45) is 1.61. The van der Waals surface area contributed by atoms with E-state index in [0.717, 1.165) is 6.42 Å². The van der Waals surface area contributed by atoms with E-state index in [-0.39, 0.29) is 22.9 Å². The van der Waals surface area contributed by atoms with Crippen molar-refractivity contribution in [3.63, 3.8) is 0 Å². The van der Waals surface area contributed by atoms with Gasteiger partial charge in [-0.1, -0.05) is 0 Å². The van der Waals surface area contributed by atoms with E-state index in [1.807, 2.05) is 0 Å². The highest BCUT2D eigenvalue weighted by Gasteiger charge is 2.13. The molecule has 0 saturated heterocycles. The zero-order valence-electron chi connectivity index (χ0n) is 13.0. The van der Waals surface area contributed by atoms with Crippen molar-refractivity contribution in [3.05, 3.63) is 42.8 Å². The summed E-state index contributed by atoms with van der Waals surface area (Å²) in [7, 11) is 1.53. The molecule has 2 N–H and O–H groups in total. The maximum Gasteiger partial charge on any atom is 0.332 e. The molecule has 0 fully saturated rings. The van der Waals surface area contributed by atoms with E-state index in [1.54, 1.807) is 13.8 Å². The number of aliphatic hydroxyl groups is 1. The van der Waals surface area contributed by atoms with Gasteiger partial charge in [-0.3, -0.25) is 18.7 Å². The van der Waals surface area contributed by atoms with Crippen molar-refractivity contribution in [2.24, 2.45) is 7.05 Å². The zero-order valence-corrected chi connectivity index (χ0v) is 13.0. The van der Waals surface area contributed by atoms with Gasteiger partial charge in [0.15, 0.2) is 0 Å². The van der Waals surface area contributed by atoms with Crippen LogP contribution in [0, 0.1) is 6.92 Å². The van der Waals surface area contributed by atoms with Crippen molar-refractivity contribution >= 4 is 11.0 Å². The summed E-state index contributed by atoms with van der Waals surface area (Å²) >= 11 is 0. The molecule has 120 valence electrons. The van der Waals surface area contributed by atoms with Crippen LogP contribution in [-0.2, 0) is 13.6 Å². The van der Waals surface area contributed by atoms with Gasteiger partial charge in [-0.15, -0.1) is 0 Å². The average molecular weight is 307 g/mol. The largest absolute Gasteiger partial charge is 0.393 e. The Labute approximate surface area is 126 Å². The molecule has 2 rings (SSSR count). The number of unbranched alkanes of at least 4 members (excludes halogenated alkanes) is 1. The first kappa shape index (κ1) is 16.2. The fraction of sp³-hybridized carbons (Fsp3) is 0.533. The monoisotopic (exact) mass is 307 g/mol. The van der Waals surface area contributed by atoms with Crippen molar-refractivity contribution in [2.75, 3.05) is 0 Å². The minimum absolute atomic E-state index is 0.250. The van der Waals surface area contributed by atoms with E-state index in [9.17, 15) is 19.5 Å². The van der Waals surface area contributed by atoms with E-state index < -0.39 is 5.69 Å². The molecule has 7 nitrogen and oxygen atoms in total. The third-order valence-electron chi connectivity index (χ3n) is 3.79. The number of nitrogens with one attached hydrogen (secondary N) is 1. The number of fused-ring (bicyclic) bond motifs is 1. The molecule has 1 unspecified atom stereocenters. The lowest BCUT2D eigenvalue weighted by atomic mass is 10.1. The van der Waals surface area contributed by atoms with Gasteiger partial charge in [0.05, 0.1) is 11.5 Å². The maximum absolute atomic E-state index is 12.5. The third kappa shape index (κ3) is 3.04. The van der Waals surface area contributed by atoms with Crippen LogP contribution in [0.2, 0.25) is 0 Å². The summed E-state index contributed by atoms with van der Waals surface area (Å²) in [6, 6.07) is 1.35. The van der Waals surface area contributed by atoms with Gasteiger partial charge < -0.3 is 10.1 Å². The Kier molecular flexibility index (Phi) is 4.65. The molecule has 22 heavy (non-hydrogen) atoms. The lowest BCUT2D eigenvalue weighted by molar-refractivity contribution is 0.180. The molecule has 0 aliphatic heterocycles. The van der Waals surface area contributed by atoms with Crippen LogP contribution in [0.25, 0.3) is 11.0 Å². The molecule has 0 radical (unpaired) electrons. The number of aryl methyl sites for hydroxylation is 2. The van der Waals surface area contributed by atoms with Crippen molar-refractivity contribution in [2.45, 2.75) is 45.8 Å². The van der Waals surface area contributed by atoms with Gasteiger partial charge in [0.2, 0.25) is 5.56 Å². The summed E-state index contributed by atoms with van der Waals surface area (Å²) in [5, 5.41) is 9.60. The zero-order chi connectivity index (χ0) is 16.4. The second kappa shape index (κ2) is 6.31. The van der Waals surface area contributed by atoms with Crippen LogP contribution in [0.3, 0.4) is 0 Å². The summed E-state index contributed by atoms with van der Waals surface area (Å²) in [6.45, 7) is 3.69. The first-order chi connectivity index (χ1) is 10.3. The Hall–Kier alpha value is -2.15. The predicted octanol–water partition coefficient (Wildman–Crippen LogP) is 0.248. The van der Waals surface area contributed by atoms with Crippen molar-refractivity contribution in [1.82, 2.24) is 14.1 Å². The van der Waals surface area contributed by atoms with Crippen molar-refractivity contribution in [1.29, 1.82) is 0 Å². The van der Waals surface area contributed by atoms with E-state index in [0.29, 0.717) is 30.3 Å². The number of aliphatic hydroxyl groups excluding tert-OH is 1. The third-order valence-corrected chi connectivity index (χ3v) is 3.79. The highest BCUT2D eigenvalue weighted by molar-refractivity contribution is 5.77. The highest BCUT2D eigenvalue weighted by atomic mass is 16.3. The molecule has 2 aromatic heterocycles. The van der Waals surface area contributed by atoms with Gasteiger partial charge in [0, 0.05) is 19.7 Å². The first-order valence-corrected chi connectivity index (χ1v) is 7.34. The van der Waals surface area contributed by atoms with Gasteiger partial charge in [-0.2, -0.15) is 0 Å². The number of nitrogens with zero attached hydrogens (tertiary/aromatic N) is 2. The molecular formula is C15H21N3O4. The summed E-state index contributed by atoms with van der Waals surface area (Å²) in [5.41, 5.74) is -0.369. The van der Waals surface area contributed by atoms with Crippen molar-refractivity contribution < 1.29 is 5.11 Å². The molecule has 0 spiro atoms. The van der Waals surface area contributed by atoms with Gasteiger partial charge in [-0.05, 0) is 38.7 Å². The lowest BCUT2D eigenvalue weighted by Crippen LogP contribution is -2.40. The molecule has 0 saturated carbocycles. The Morgan fingerprint density at radius 3 is 2.59 bits per heavy atom. The molecule has 0 aromatic carbocycles. The number of hydrogen-bond acceptors (Lipinski definition) is 4. The molecule has 7 heteroatoms. The number of pyridine rings is 1. The molecule has 0 aliphatic carbocycles. The van der Waals surface area contributed by atoms with Crippen LogP contribution in [0.4, 0.5) is 0 Å². The normalized spacial score (nSPS) is 12.7. The van der Waals surface area contributed by atoms with E-state index in [1.165, 1.54) is 22.2 Å². The smallest absolute Gasteiger partial charge is 0.332 e. The molecule has 0 bridgehead atoms. The Morgan fingerprint density at radius 2 is 1.95 bits per heavy atom. The molecule has 0 aliphatic rings. The molecular weight excluding hydrogens is 286 g/mol. The van der Waals surface area contributed by atoms with Crippen LogP contribution in [0.1, 0.15) is 31.7 Å². The van der Waals surface area contributed by atoms with E-state index >= 15 is 0 Å². The fourth-order valence-corrected chi connectivity index (χ4v) is 2.60. The molecule has 1 atom stereocenters. The summed E-state index contributed by atoms with van der Waals surface area (Å²) in [4.78, 5) is 38.9. The average Bonchev–Trinajstić information content (AvgIpc) is 2.43. The Morgan fingerprint density at radius 1 is 1.27 bits per heavy atom. The summed E-state index contributed by atoms with van der Waals surface area (Å²) < 4.78 is 2.48. The minimum Gasteiger partial charge on any atom is -0.393 e. The Balaban J connectivity index is 2.50. The van der Waals surface area contributed by atoms with Crippen molar-refractivity contribution in [3.8, 4) is 0 Å². The van der Waals surface area contributed by atoms with Crippen LogP contribution in [0.5, 0.6) is 0 Å². The first-order valence-electron chi connectivity index (χ1n) is 7.34. The van der Waals surface area contributed by atoms with Gasteiger partial charge in [-0.25, -0.2) is 4.79 Å². The van der Waals surface area contributed by atoms with Crippen LogP contribution < -0.4 is 16.8 Å². The number of aromatic amines is 1. The quantitative estimate of drug-likeness (QED) is 0.774. The van der Waals surface area contributed by atoms with Gasteiger partial charge >= 0.3 is 5.69 Å². The standard InChI is InChI=1S/C15H21N3O4/c1-9-8-11(20)16-13-12(9)14(21)18(15(22)17(13)3)7-5-4-6-10(2)19/h8,10,19H,4-7H2,1-3H3,(H,16,20). The molecule has 0 amide bonds. The van der Waals surface area contributed by atoms with Gasteiger partial charge in [0.25, 0.3) is 5.56 Å². The SMILES string of the molecule is Cc1cc(=O)[nH]c2c1c(=O)n(CCCCC(C)O)c(=O)n2C. The Bertz CT molecular complexity index is 858. The number of hydrogen-bond donors (Lipinski definition) is 2. The maximum atomic E-state index is 12.5.